The van der Waals surface area contributed by atoms with Crippen LogP contribution in [-0.4, -0.2) is 13.4 Å². The van der Waals surface area contributed by atoms with E-state index in [2.05, 4.69) is 9.71 Å². The van der Waals surface area contributed by atoms with Gasteiger partial charge in [-0.3, -0.25) is 9.71 Å². The second-order valence-electron chi connectivity index (χ2n) is 5.26. The van der Waals surface area contributed by atoms with E-state index in [9.17, 15) is 8.42 Å². The summed E-state index contributed by atoms with van der Waals surface area (Å²) in [4.78, 5) is 4.17. The van der Waals surface area contributed by atoms with E-state index in [1.165, 1.54) is 11.3 Å². The zero-order valence-corrected chi connectivity index (χ0v) is 14.4. The molecule has 0 bridgehead atoms. The van der Waals surface area contributed by atoms with Gasteiger partial charge < -0.3 is 0 Å². The molecule has 0 aliphatic heterocycles. The van der Waals surface area contributed by atoms with Gasteiger partial charge in [0.25, 0.3) is 10.0 Å². The van der Waals surface area contributed by atoms with Crippen molar-refractivity contribution < 1.29 is 8.42 Å². The quantitative estimate of drug-likeness (QED) is 0.770. The highest BCUT2D eigenvalue weighted by atomic mass is 32.2. The molecule has 4 nitrogen and oxygen atoms in total. The van der Waals surface area contributed by atoms with E-state index in [1.807, 2.05) is 38.2 Å². The largest absolute Gasteiger partial charge is 0.279 e. The Morgan fingerprint density at radius 1 is 1.04 bits per heavy atom. The molecule has 0 amide bonds. The average Bonchev–Trinajstić information content (AvgIpc) is 3.03. The van der Waals surface area contributed by atoms with Gasteiger partial charge in [-0.05, 0) is 60.2 Å². The molecule has 0 aliphatic carbocycles. The minimum atomic E-state index is -3.52. The number of benzene rings is 1. The van der Waals surface area contributed by atoms with Crippen LogP contribution in [0.15, 0.2) is 58.4 Å². The first-order valence-electron chi connectivity index (χ1n) is 7.05. The smallest absolute Gasteiger partial charge is 0.271 e. The molecule has 6 heteroatoms. The number of aromatic nitrogens is 1. The molecule has 3 aromatic rings. The molecule has 0 saturated heterocycles. The van der Waals surface area contributed by atoms with Crippen LogP contribution in [0.5, 0.6) is 0 Å². The van der Waals surface area contributed by atoms with E-state index in [0.29, 0.717) is 9.90 Å². The van der Waals surface area contributed by atoms with Crippen molar-refractivity contribution >= 4 is 27.0 Å². The summed E-state index contributed by atoms with van der Waals surface area (Å²) in [7, 11) is -3.52. The van der Waals surface area contributed by atoms with Crippen molar-refractivity contribution in [3.63, 3.8) is 0 Å². The maximum atomic E-state index is 12.3. The topological polar surface area (TPSA) is 59.1 Å². The Morgan fingerprint density at radius 2 is 1.87 bits per heavy atom. The Labute approximate surface area is 139 Å². The first-order chi connectivity index (χ1) is 11.0. The van der Waals surface area contributed by atoms with E-state index >= 15 is 0 Å². The Hall–Kier alpha value is -2.18. The van der Waals surface area contributed by atoms with Gasteiger partial charge in [0.1, 0.15) is 4.21 Å². The third-order valence-electron chi connectivity index (χ3n) is 3.57. The molecule has 0 radical (unpaired) electrons. The highest BCUT2D eigenvalue weighted by Crippen LogP contribution is 2.29. The molecule has 118 valence electrons. The van der Waals surface area contributed by atoms with Crippen LogP contribution in [0.3, 0.4) is 0 Å². The molecule has 23 heavy (non-hydrogen) atoms. The van der Waals surface area contributed by atoms with Crippen molar-refractivity contribution in [2.75, 3.05) is 4.72 Å². The van der Waals surface area contributed by atoms with Crippen LogP contribution in [0.1, 0.15) is 11.1 Å². The molecular formula is C17H16N2O2S2. The number of anilines is 1. The predicted molar refractivity (Wildman–Crippen MR) is 94.3 cm³/mol. The number of thiophene rings is 1. The molecule has 1 aromatic carbocycles. The minimum Gasteiger partial charge on any atom is -0.279 e. The van der Waals surface area contributed by atoms with Crippen LogP contribution in [0.2, 0.25) is 0 Å². The Kier molecular flexibility index (Phi) is 4.19. The summed E-state index contributed by atoms with van der Waals surface area (Å²) >= 11 is 1.20. The van der Waals surface area contributed by atoms with Gasteiger partial charge in [0, 0.05) is 23.6 Å². The van der Waals surface area contributed by atoms with Crippen molar-refractivity contribution in [3.8, 4) is 11.1 Å². The summed E-state index contributed by atoms with van der Waals surface area (Å²) in [6.07, 6.45) is 3.59. The van der Waals surface area contributed by atoms with Crippen molar-refractivity contribution in [2.45, 2.75) is 18.1 Å². The maximum Gasteiger partial charge on any atom is 0.271 e. The number of hydrogen-bond acceptors (Lipinski definition) is 4. The summed E-state index contributed by atoms with van der Waals surface area (Å²) in [5.74, 6) is 0. The monoisotopic (exact) mass is 344 g/mol. The molecule has 2 heterocycles. The lowest BCUT2D eigenvalue weighted by Gasteiger charge is -2.12. The Balaban J connectivity index is 1.93. The number of sulfonamides is 1. The lowest BCUT2D eigenvalue weighted by molar-refractivity contribution is 0.603. The second kappa shape index (κ2) is 6.14. The van der Waals surface area contributed by atoms with E-state index < -0.39 is 10.0 Å². The molecule has 0 saturated carbocycles. The van der Waals surface area contributed by atoms with E-state index in [1.54, 1.807) is 29.8 Å². The van der Waals surface area contributed by atoms with Crippen LogP contribution in [0.4, 0.5) is 5.69 Å². The summed E-state index contributed by atoms with van der Waals surface area (Å²) in [5.41, 5.74) is 4.79. The van der Waals surface area contributed by atoms with E-state index in [0.717, 1.165) is 22.3 Å². The normalized spacial score (nSPS) is 11.4. The molecule has 0 unspecified atom stereocenters. The summed E-state index contributed by atoms with van der Waals surface area (Å²) in [6, 6.07) is 10.8. The zero-order chi connectivity index (χ0) is 16.4. The van der Waals surface area contributed by atoms with Gasteiger partial charge in [-0.15, -0.1) is 11.3 Å². The van der Waals surface area contributed by atoms with Gasteiger partial charge in [-0.1, -0.05) is 12.1 Å². The standard InChI is InChI=1S/C17H16N2O2S2/c1-12-7-8-18-11-16(12)15-6-5-14(10-13(15)2)19-23(20,21)17-4-3-9-22-17/h3-11,19H,1-2H3. The molecule has 2 aromatic heterocycles. The number of nitrogens with zero attached hydrogens (tertiary/aromatic N) is 1. The van der Waals surface area contributed by atoms with Crippen molar-refractivity contribution in [1.29, 1.82) is 0 Å². The van der Waals surface area contributed by atoms with Gasteiger partial charge in [0.15, 0.2) is 0 Å². The van der Waals surface area contributed by atoms with Gasteiger partial charge in [-0.25, -0.2) is 8.42 Å². The number of hydrogen-bond donors (Lipinski definition) is 1. The van der Waals surface area contributed by atoms with Gasteiger partial charge in [0.05, 0.1) is 0 Å². The fourth-order valence-corrected chi connectivity index (χ4v) is 4.44. The average molecular weight is 344 g/mol. The number of nitrogens with one attached hydrogen (secondary N) is 1. The van der Waals surface area contributed by atoms with Crippen LogP contribution in [0.25, 0.3) is 11.1 Å². The van der Waals surface area contributed by atoms with E-state index in [-0.39, 0.29) is 0 Å². The summed E-state index contributed by atoms with van der Waals surface area (Å²) in [6.45, 7) is 3.99. The molecule has 3 rings (SSSR count). The van der Waals surface area contributed by atoms with Crippen LogP contribution < -0.4 is 4.72 Å². The highest BCUT2D eigenvalue weighted by molar-refractivity contribution is 7.94. The first-order valence-corrected chi connectivity index (χ1v) is 9.41. The number of rotatable bonds is 4. The fourth-order valence-electron chi connectivity index (χ4n) is 2.40. The summed E-state index contributed by atoms with van der Waals surface area (Å²) < 4.78 is 27.5. The molecule has 1 N–H and O–H groups in total. The van der Waals surface area contributed by atoms with Crippen LogP contribution >= 0.6 is 11.3 Å². The van der Waals surface area contributed by atoms with Gasteiger partial charge in [0.2, 0.25) is 0 Å². The lowest BCUT2D eigenvalue weighted by Crippen LogP contribution is -2.11. The van der Waals surface area contributed by atoms with Crippen molar-refractivity contribution in [2.24, 2.45) is 0 Å². The Bertz CT molecular complexity index is 933. The third kappa shape index (κ3) is 3.28. The van der Waals surface area contributed by atoms with Crippen LogP contribution in [0, 0.1) is 13.8 Å². The van der Waals surface area contributed by atoms with Crippen LogP contribution in [-0.2, 0) is 10.0 Å². The first kappa shape index (κ1) is 15.7. The van der Waals surface area contributed by atoms with Crippen molar-refractivity contribution in [3.05, 3.63) is 65.3 Å². The molecule has 0 spiro atoms. The predicted octanol–water partition coefficient (Wildman–Crippen LogP) is 4.23. The summed E-state index contributed by atoms with van der Waals surface area (Å²) in [5, 5.41) is 1.74. The lowest BCUT2D eigenvalue weighted by atomic mass is 9.98. The zero-order valence-electron chi connectivity index (χ0n) is 12.8. The molecule has 0 fully saturated rings. The van der Waals surface area contributed by atoms with Crippen molar-refractivity contribution in [1.82, 2.24) is 4.98 Å². The highest BCUT2D eigenvalue weighted by Gasteiger charge is 2.15. The number of pyridine rings is 1. The van der Waals surface area contributed by atoms with Gasteiger partial charge in [-0.2, -0.15) is 0 Å². The molecule has 0 aliphatic rings. The Morgan fingerprint density at radius 3 is 2.52 bits per heavy atom. The maximum absolute atomic E-state index is 12.3. The van der Waals surface area contributed by atoms with Gasteiger partial charge >= 0.3 is 0 Å². The third-order valence-corrected chi connectivity index (χ3v) is 6.35. The van der Waals surface area contributed by atoms with E-state index in [4.69, 9.17) is 0 Å². The molecular weight excluding hydrogens is 328 g/mol. The fraction of sp³-hybridized carbons (Fsp3) is 0.118. The second-order valence-corrected chi connectivity index (χ2v) is 8.11. The minimum absolute atomic E-state index is 0.308. The SMILES string of the molecule is Cc1cc(NS(=O)(=O)c2cccs2)ccc1-c1cnccc1C. The molecule has 0 atom stereocenters. The number of aryl methyl sites for hydroxylation is 2.